The maximum atomic E-state index is 13.3. The van der Waals surface area contributed by atoms with Gasteiger partial charge in [0.1, 0.15) is 5.00 Å². The smallest absolute Gasteiger partial charge is 0.341 e. The van der Waals surface area contributed by atoms with Gasteiger partial charge in [-0.25, -0.2) is 4.79 Å². The highest BCUT2D eigenvalue weighted by Gasteiger charge is 2.38. The molecule has 0 bridgehead atoms. The Morgan fingerprint density at radius 3 is 2.12 bits per heavy atom. The van der Waals surface area contributed by atoms with Gasteiger partial charge in [0.05, 0.1) is 45.5 Å². The molecule has 1 aromatic carbocycles. The number of amides is 1. The van der Waals surface area contributed by atoms with Crippen molar-refractivity contribution in [3.8, 4) is 17.2 Å². The number of carbonyl (C=O) groups is 3. The third kappa shape index (κ3) is 4.96. The van der Waals surface area contributed by atoms with E-state index in [0.29, 0.717) is 60.5 Å². The minimum Gasteiger partial charge on any atom is -0.490 e. The van der Waals surface area contributed by atoms with E-state index in [1.165, 1.54) is 25.6 Å². The fraction of sp³-hybridized carbons (Fsp3) is 0.458. The lowest BCUT2D eigenvalue weighted by atomic mass is 9.99. The molecule has 1 amide bonds. The Morgan fingerprint density at radius 1 is 0.971 bits per heavy atom. The van der Waals surface area contributed by atoms with Crippen LogP contribution in [0.5, 0.6) is 17.2 Å². The van der Waals surface area contributed by atoms with Crippen molar-refractivity contribution in [3.05, 3.63) is 33.7 Å². The van der Waals surface area contributed by atoms with E-state index in [2.05, 4.69) is 5.32 Å². The molecular weight excluding hydrogens is 462 g/mol. The van der Waals surface area contributed by atoms with Crippen LogP contribution in [-0.4, -0.2) is 51.9 Å². The van der Waals surface area contributed by atoms with Crippen LogP contribution in [0.25, 0.3) is 0 Å². The van der Waals surface area contributed by atoms with Crippen molar-refractivity contribution in [2.45, 2.75) is 39.5 Å². The third-order valence-corrected chi connectivity index (χ3v) is 6.48. The van der Waals surface area contributed by atoms with Gasteiger partial charge in [-0.15, -0.1) is 11.3 Å². The molecule has 1 aromatic heterocycles. The molecule has 1 aliphatic carbocycles. The summed E-state index contributed by atoms with van der Waals surface area (Å²) in [4.78, 5) is 39.0. The van der Waals surface area contributed by atoms with Crippen LogP contribution in [0.2, 0.25) is 0 Å². The Bertz CT molecular complexity index is 1050. The van der Waals surface area contributed by atoms with Gasteiger partial charge >= 0.3 is 11.9 Å². The molecule has 2 aromatic rings. The number of esters is 2. The molecule has 34 heavy (non-hydrogen) atoms. The van der Waals surface area contributed by atoms with Crippen LogP contribution >= 0.6 is 11.3 Å². The molecule has 3 rings (SSSR count). The minimum absolute atomic E-state index is 0.185. The van der Waals surface area contributed by atoms with Crippen molar-refractivity contribution in [2.75, 3.05) is 39.4 Å². The van der Waals surface area contributed by atoms with E-state index in [9.17, 15) is 14.4 Å². The van der Waals surface area contributed by atoms with Gasteiger partial charge < -0.3 is 29.0 Å². The normalized spacial score (nSPS) is 14.2. The second-order valence-electron chi connectivity index (χ2n) is 7.30. The van der Waals surface area contributed by atoms with Crippen LogP contribution in [0.15, 0.2) is 12.1 Å². The molecule has 1 atom stereocenters. The Kier molecular flexibility index (Phi) is 8.38. The molecule has 1 N–H and O–H groups in total. The lowest BCUT2D eigenvalue weighted by molar-refractivity contribution is -0.142. The van der Waals surface area contributed by atoms with Gasteiger partial charge in [0, 0.05) is 10.4 Å². The number of thiophene rings is 1. The Balaban J connectivity index is 2.01. The van der Waals surface area contributed by atoms with Crippen LogP contribution in [0.1, 0.15) is 64.3 Å². The number of hydrogen-bond acceptors (Lipinski definition) is 9. The molecule has 0 aliphatic heterocycles. The lowest BCUT2D eigenvalue weighted by Gasteiger charge is -2.17. The molecule has 0 radical (unpaired) electrons. The monoisotopic (exact) mass is 491 g/mol. The average Bonchev–Trinajstić information content (AvgIpc) is 3.39. The molecule has 10 heteroatoms. The topological polar surface area (TPSA) is 109 Å². The predicted molar refractivity (Wildman–Crippen MR) is 127 cm³/mol. The van der Waals surface area contributed by atoms with E-state index in [1.807, 2.05) is 20.8 Å². The van der Waals surface area contributed by atoms with E-state index in [1.54, 1.807) is 12.1 Å². The molecule has 1 aliphatic rings. The summed E-state index contributed by atoms with van der Waals surface area (Å²) in [5.74, 6) is -0.899. The Morgan fingerprint density at radius 2 is 1.59 bits per heavy atom. The standard InChI is InChI=1S/C24H29NO8S/c1-6-31-15-11-13(12-16(32-7-2)20(15)33-8-3)21(26)25-22-19(24(28)30-5)18-14(23(27)29-4)9-10-17(18)34-22/h11-12,14H,6-10H2,1-5H3,(H,25,26)/t14-/m0/s1. The van der Waals surface area contributed by atoms with E-state index in [4.69, 9.17) is 23.7 Å². The number of anilines is 1. The zero-order chi connectivity index (χ0) is 24.8. The number of rotatable bonds is 10. The molecule has 9 nitrogen and oxygen atoms in total. The fourth-order valence-electron chi connectivity index (χ4n) is 3.93. The van der Waals surface area contributed by atoms with Gasteiger partial charge in [-0.05, 0) is 51.3 Å². The van der Waals surface area contributed by atoms with Gasteiger partial charge in [0.15, 0.2) is 11.5 Å². The number of carbonyl (C=O) groups excluding carboxylic acids is 3. The van der Waals surface area contributed by atoms with Crippen molar-refractivity contribution >= 4 is 34.2 Å². The van der Waals surface area contributed by atoms with E-state index in [-0.39, 0.29) is 11.1 Å². The van der Waals surface area contributed by atoms with Gasteiger partial charge in [0.25, 0.3) is 5.91 Å². The van der Waals surface area contributed by atoms with Crippen LogP contribution in [0, 0.1) is 0 Å². The summed E-state index contributed by atoms with van der Waals surface area (Å²) in [5, 5.41) is 3.13. The zero-order valence-corrected chi connectivity index (χ0v) is 20.8. The molecule has 0 saturated heterocycles. The summed E-state index contributed by atoms with van der Waals surface area (Å²) in [6.07, 6.45) is 1.14. The van der Waals surface area contributed by atoms with Crippen molar-refractivity contribution < 1.29 is 38.1 Å². The van der Waals surface area contributed by atoms with Gasteiger partial charge in [0.2, 0.25) is 5.75 Å². The molecule has 1 heterocycles. The maximum absolute atomic E-state index is 13.3. The zero-order valence-electron chi connectivity index (χ0n) is 19.9. The van der Waals surface area contributed by atoms with Crippen molar-refractivity contribution in [1.82, 2.24) is 0 Å². The Labute approximate surface area is 202 Å². The first-order valence-electron chi connectivity index (χ1n) is 11.1. The number of hydrogen-bond donors (Lipinski definition) is 1. The van der Waals surface area contributed by atoms with Crippen LogP contribution in [0.4, 0.5) is 5.00 Å². The number of methoxy groups -OCH3 is 2. The quantitative estimate of drug-likeness (QED) is 0.493. The lowest BCUT2D eigenvalue weighted by Crippen LogP contribution is -2.18. The molecule has 0 saturated carbocycles. The van der Waals surface area contributed by atoms with E-state index >= 15 is 0 Å². The second kappa shape index (κ2) is 11.2. The van der Waals surface area contributed by atoms with Crippen molar-refractivity contribution in [2.24, 2.45) is 0 Å². The molecule has 0 spiro atoms. The van der Waals surface area contributed by atoms with Gasteiger partial charge in [-0.2, -0.15) is 0 Å². The number of ether oxygens (including phenoxy) is 5. The maximum Gasteiger partial charge on any atom is 0.341 e. The van der Waals surface area contributed by atoms with Crippen LogP contribution < -0.4 is 19.5 Å². The number of fused-ring (bicyclic) bond motifs is 1. The molecule has 0 unspecified atom stereocenters. The highest BCUT2D eigenvalue weighted by Crippen LogP contribution is 2.46. The Hall–Kier alpha value is -3.27. The van der Waals surface area contributed by atoms with Crippen molar-refractivity contribution in [3.63, 3.8) is 0 Å². The summed E-state index contributed by atoms with van der Waals surface area (Å²) < 4.78 is 26.9. The molecule has 184 valence electrons. The van der Waals surface area contributed by atoms with E-state index in [0.717, 1.165) is 4.88 Å². The highest BCUT2D eigenvalue weighted by atomic mass is 32.1. The first-order chi connectivity index (χ1) is 16.4. The summed E-state index contributed by atoms with van der Waals surface area (Å²) in [7, 11) is 2.57. The summed E-state index contributed by atoms with van der Waals surface area (Å²) in [6, 6.07) is 3.14. The summed E-state index contributed by atoms with van der Waals surface area (Å²) in [5.41, 5.74) is 1.02. The molecular formula is C24H29NO8S. The average molecular weight is 492 g/mol. The fourth-order valence-corrected chi connectivity index (χ4v) is 5.19. The van der Waals surface area contributed by atoms with Gasteiger partial charge in [-0.1, -0.05) is 0 Å². The van der Waals surface area contributed by atoms with Gasteiger partial charge in [-0.3, -0.25) is 9.59 Å². The number of aryl methyl sites for hydroxylation is 1. The summed E-state index contributed by atoms with van der Waals surface area (Å²) >= 11 is 1.26. The number of nitrogens with one attached hydrogen (secondary N) is 1. The summed E-state index contributed by atoms with van der Waals surface area (Å²) in [6.45, 7) is 6.65. The van der Waals surface area contributed by atoms with E-state index < -0.39 is 23.8 Å². The predicted octanol–water partition coefficient (Wildman–Crippen LogP) is 4.19. The highest BCUT2D eigenvalue weighted by molar-refractivity contribution is 7.17. The minimum atomic E-state index is -0.625. The molecule has 0 fully saturated rings. The number of benzene rings is 1. The van der Waals surface area contributed by atoms with Crippen LogP contribution in [-0.2, 0) is 20.7 Å². The SMILES string of the molecule is CCOc1cc(C(=O)Nc2sc3c(c2C(=O)OC)[C@@H](C(=O)OC)CC3)cc(OCC)c1OCC. The largest absolute Gasteiger partial charge is 0.490 e. The van der Waals surface area contributed by atoms with Crippen molar-refractivity contribution in [1.29, 1.82) is 0 Å². The second-order valence-corrected chi connectivity index (χ2v) is 8.41. The third-order valence-electron chi connectivity index (χ3n) is 5.30. The first-order valence-corrected chi connectivity index (χ1v) is 11.9. The van der Waals surface area contributed by atoms with Crippen LogP contribution in [0.3, 0.4) is 0 Å². The first kappa shape index (κ1) is 25.4.